The van der Waals surface area contributed by atoms with Crippen LogP contribution in [0.2, 0.25) is 0 Å². The summed E-state index contributed by atoms with van der Waals surface area (Å²) in [6, 6.07) is 11.4. The van der Waals surface area contributed by atoms with E-state index in [-0.39, 0.29) is 17.7 Å². The number of rotatable bonds is 6. The van der Waals surface area contributed by atoms with Crippen LogP contribution in [-0.4, -0.2) is 24.6 Å². The van der Waals surface area contributed by atoms with Crippen LogP contribution in [0.5, 0.6) is 11.6 Å². The Labute approximate surface area is 135 Å². The molecule has 5 heteroatoms. The van der Waals surface area contributed by atoms with Gasteiger partial charge in [-0.1, -0.05) is 18.2 Å². The molecule has 5 nitrogen and oxygen atoms in total. The van der Waals surface area contributed by atoms with Crippen molar-refractivity contribution in [2.75, 3.05) is 19.0 Å². The van der Waals surface area contributed by atoms with E-state index in [0.717, 1.165) is 17.7 Å². The maximum absolute atomic E-state index is 12.5. The van der Waals surface area contributed by atoms with Crippen molar-refractivity contribution >= 4 is 11.6 Å². The highest BCUT2D eigenvalue weighted by molar-refractivity contribution is 5.96. The number of nitrogens with one attached hydrogen (secondary N) is 1. The van der Waals surface area contributed by atoms with E-state index in [4.69, 9.17) is 9.47 Å². The van der Waals surface area contributed by atoms with Gasteiger partial charge in [-0.05, 0) is 43.0 Å². The SMILES string of the molecule is CCOc1ncccc1NC(=O)[C@@H]1C[C@@H]1c1ccccc1OC. The Morgan fingerprint density at radius 1 is 1.30 bits per heavy atom. The van der Waals surface area contributed by atoms with E-state index >= 15 is 0 Å². The predicted octanol–water partition coefficient (Wildman–Crippen LogP) is 3.23. The van der Waals surface area contributed by atoms with E-state index in [1.165, 1.54) is 0 Å². The van der Waals surface area contributed by atoms with Gasteiger partial charge < -0.3 is 14.8 Å². The molecule has 1 heterocycles. The van der Waals surface area contributed by atoms with Gasteiger partial charge in [0.05, 0.1) is 13.7 Å². The number of hydrogen-bond donors (Lipinski definition) is 1. The Balaban J connectivity index is 1.69. The molecule has 0 bridgehead atoms. The Hall–Kier alpha value is -2.56. The molecule has 1 fully saturated rings. The molecule has 1 aliphatic rings. The molecule has 3 rings (SSSR count). The molecule has 0 radical (unpaired) electrons. The van der Waals surface area contributed by atoms with Crippen LogP contribution >= 0.6 is 0 Å². The van der Waals surface area contributed by atoms with Crippen LogP contribution in [0.4, 0.5) is 5.69 Å². The van der Waals surface area contributed by atoms with Crippen LogP contribution in [0, 0.1) is 5.92 Å². The van der Waals surface area contributed by atoms with Crippen molar-refractivity contribution in [1.29, 1.82) is 0 Å². The molecule has 2 atom stereocenters. The third-order valence-corrected chi connectivity index (χ3v) is 3.98. The average molecular weight is 312 g/mol. The van der Waals surface area contributed by atoms with E-state index in [9.17, 15) is 4.79 Å². The molecule has 1 N–H and O–H groups in total. The van der Waals surface area contributed by atoms with E-state index in [0.29, 0.717) is 18.2 Å². The number of anilines is 1. The molecule has 0 unspecified atom stereocenters. The lowest BCUT2D eigenvalue weighted by Gasteiger charge is -2.10. The first-order valence-electron chi connectivity index (χ1n) is 7.76. The molecule has 120 valence electrons. The van der Waals surface area contributed by atoms with E-state index in [1.807, 2.05) is 31.2 Å². The molecular formula is C18H20N2O3. The van der Waals surface area contributed by atoms with Gasteiger partial charge >= 0.3 is 0 Å². The van der Waals surface area contributed by atoms with Crippen LogP contribution in [0.25, 0.3) is 0 Å². The summed E-state index contributed by atoms with van der Waals surface area (Å²) in [5.74, 6) is 1.45. The number of amides is 1. The number of nitrogens with zero attached hydrogens (tertiary/aromatic N) is 1. The van der Waals surface area contributed by atoms with Gasteiger partial charge in [0.15, 0.2) is 0 Å². The number of methoxy groups -OCH3 is 1. The molecule has 0 spiro atoms. The molecule has 0 aliphatic heterocycles. The lowest BCUT2D eigenvalue weighted by molar-refractivity contribution is -0.117. The Kier molecular flexibility index (Phi) is 4.46. The Morgan fingerprint density at radius 2 is 2.13 bits per heavy atom. The second-order valence-electron chi connectivity index (χ2n) is 5.47. The van der Waals surface area contributed by atoms with Gasteiger partial charge in [0.1, 0.15) is 11.4 Å². The second-order valence-corrected chi connectivity index (χ2v) is 5.47. The quantitative estimate of drug-likeness (QED) is 0.889. The molecule has 1 amide bonds. The number of pyridine rings is 1. The van der Waals surface area contributed by atoms with Gasteiger partial charge in [-0.3, -0.25) is 4.79 Å². The molecule has 1 aromatic heterocycles. The molecule has 0 saturated heterocycles. The van der Waals surface area contributed by atoms with Crippen molar-refractivity contribution < 1.29 is 14.3 Å². The van der Waals surface area contributed by atoms with Gasteiger partial charge in [0, 0.05) is 12.1 Å². The summed E-state index contributed by atoms with van der Waals surface area (Å²) < 4.78 is 10.8. The minimum absolute atomic E-state index is 0.00476. The first kappa shape index (κ1) is 15.3. The molecule has 2 aromatic rings. The van der Waals surface area contributed by atoms with Crippen LogP contribution in [0.15, 0.2) is 42.6 Å². The second kappa shape index (κ2) is 6.69. The minimum Gasteiger partial charge on any atom is -0.496 e. The summed E-state index contributed by atoms with van der Waals surface area (Å²) in [5, 5.41) is 2.93. The van der Waals surface area contributed by atoms with Crippen molar-refractivity contribution in [1.82, 2.24) is 4.98 Å². The number of benzene rings is 1. The minimum atomic E-state index is -0.0408. The number of carbonyl (C=O) groups excluding carboxylic acids is 1. The number of hydrogen-bond acceptors (Lipinski definition) is 4. The molecule has 1 aliphatic carbocycles. The normalized spacial score (nSPS) is 19.0. The first-order valence-corrected chi connectivity index (χ1v) is 7.76. The fourth-order valence-corrected chi connectivity index (χ4v) is 2.76. The molecular weight excluding hydrogens is 292 g/mol. The van der Waals surface area contributed by atoms with E-state index in [1.54, 1.807) is 25.4 Å². The molecule has 1 aromatic carbocycles. The van der Waals surface area contributed by atoms with E-state index in [2.05, 4.69) is 10.3 Å². The van der Waals surface area contributed by atoms with Crippen molar-refractivity contribution in [3.8, 4) is 11.6 Å². The fourth-order valence-electron chi connectivity index (χ4n) is 2.76. The summed E-state index contributed by atoms with van der Waals surface area (Å²) in [7, 11) is 1.65. The largest absolute Gasteiger partial charge is 0.496 e. The van der Waals surface area contributed by atoms with Crippen molar-refractivity contribution in [2.45, 2.75) is 19.3 Å². The van der Waals surface area contributed by atoms with Crippen molar-refractivity contribution in [3.05, 3.63) is 48.2 Å². The van der Waals surface area contributed by atoms with Gasteiger partial charge in [-0.2, -0.15) is 0 Å². The zero-order valence-electron chi connectivity index (χ0n) is 13.3. The number of carbonyl (C=O) groups is 1. The predicted molar refractivity (Wildman–Crippen MR) is 87.9 cm³/mol. The lowest BCUT2D eigenvalue weighted by atomic mass is 10.1. The van der Waals surface area contributed by atoms with Crippen molar-refractivity contribution in [3.63, 3.8) is 0 Å². The van der Waals surface area contributed by atoms with Crippen molar-refractivity contribution in [2.24, 2.45) is 5.92 Å². The summed E-state index contributed by atoms with van der Waals surface area (Å²) in [6.45, 7) is 2.39. The van der Waals surface area contributed by atoms with Crippen LogP contribution in [0.3, 0.4) is 0 Å². The first-order chi connectivity index (χ1) is 11.2. The highest BCUT2D eigenvalue weighted by atomic mass is 16.5. The summed E-state index contributed by atoms with van der Waals surface area (Å²) in [5.41, 5.74) is 1.70. The average Bonchev–Trinajstić information content (AvgIpc) is 3.37. The summed E-state index contributed by atoms with van der Waals surface area (Å²) in [4.78, 5) is 16.6. The third kappa shape index (κ3) is 3.28. The standard InChI is InChI=1S/C18H20N2O3/c1-3-23-18-15(8-6-10-19-18)20-17(21)14-11-13(14)12-7-4-5-9-16(12)22-2/h4-10,13-14H,3,11H2,1-2H3,(H,20,21)/t13-,14-/m1/s1. The van der Waals surface area contributed by atoms with E-state index < -0.39 is 0 Å². The van der Waals surface area contributed by atoms with Gasteiger partial charge in [-0.15, -0.1) is 0 Å². The summed E-state index contributed by atoms with van der Waals surface area (Å²) >= 11 is 0. The third-order valence-electron chi connectivity index (χ3n) is 3.98. The van der Waals surface area contributed by atoms with Crippen LogP contribution < -0.4 is 14.8 Å². The maximum atomic E-state index is 12.5. The maximum Gasteiger partial charge on any atom is 0.237 e. The fraction of sp³-hybridized carbons (Fsp3) is 0.333. The van der Waals surface area contributed by atoms with Crippen LogP contribution in [-0.2, 0) is 4.79 Å². The number of para-hydroxylation sites is 1. The lowest BCUT2D eigenvalue weighted by Crippen LogP contribution is -2.16. The smallest absolute Gasteiger partial charge is 0.237 e. The number of aromatic nitrogens is 1. The number of ether oxygens (including phenoxy) is 2. The molecule has 23 heavy (non-hydrogen) atoms. The van der Waals surface area contributed by atoms with Gasteiger partial charge in [0.2, 0.25) is 11.8 Å². The molecule has 1 saturated carbocycles. The zero-order valence-corrected chi connectivity index (χ0v) is 13.3. The monoisotopic (exact) mass is 312 g/mol. The van der Waals surface area contributed by atoms with Gasteiger partial charge in [0.25, 0.3) is 0 Å². The Morgan fingerprint density at radius 3 is 2.91 bits per heavy atom. The zero-order chi connectivity index (χ0) is 16.2. The highest BCUT2D eigenvalue weighted by Crippen LogP contribution is 2.50. The van der Waals surface area contributed by atoms with Crippen LogP contribution in [0.1, 0.15) is 24.8 Å². The Bertz CT molecular complexity index is 702. The highest BCUT2D eigenvalue weighted by Gasteiger charge is 2.45. The van der Waals surface area contributed by atoms with Gasteiger partial charge in [-0.25, -0.2) is 4.98 Å². The summed E-state index contributed by atoms with van der Waals surface area (Å²) in [6.07, 6.45) is 2.48. The topological polar surface area (TPSA) is 60.5 Å².